The number of hydrogen-bond donors (Lipinski definition) is 1. The van der Waals surface area contributed by atoms with Crippen LogP contribution in [0.2, 0.25) is 0 Å². The highest BCUT2D eigenvalue weighted by Gasteiger charge is 2.16. The monoisotopic (exact) mass is 395 g/mol. The molecule has 5 rings (SSSR count). The highest BCUT2D eigenvalue weighted by atomic mass is 15.1. The maximum Gasteiger partial charge on any atom is 0.163 e. The molecule has 0 saturated carbocycles. The van der Waals surface area contributed by atoms with Crippen molar-refractivity contribution < 1.29 is 0 Å². The summed E-state index contributed by atoms with van der Waals surface area (Å²) in [4.78, 5) is 16.4. The van der Waals surface area contributed by atoms with E-state index < -0.39 is 0 Å². The van der Waals surface area contributed by atoms with E-state index in [0.29, 0.717) is 5.82 Å². The first-order chi connectivity index (χ1) is 14.7. The van der Waals surface area contributed by atoms with Gasteiger partial charge in [-0.2, -0.15) is 0 Å². The molecule has 0 bridgehead atoms. The summed E-state index contributed by atoms with van der Waals surface area (Å²) in [5.41, 5.74) is 6.64. The van der Waals surface area contributed by atoms with E-state index in [0.717, 1.165) is 41.1 Å². The van der Waals surface area contributed by atoms with Crippen LogP contribution in [-0.4, -0.2) is 28.0 Å². The van der Waals surface area contributed by atoms with Gasteiger partial charge in [-0.25, -0.2) is 9.97 Å². The molecule has 150 valence electrons. The van der Waals surface area contributed by atoms with Gasteiger partial charge in [0.2, 0.25) is 0 Å². The van der Waals surface area contributed by atoms with Crippen LogP contribution < -0.4 is 10.2 Å². The van der Waals surface area contributed by atoms with Crippen LogP contribution in [-0.2, 0) is 0 Å². The number of rotatable bonds is 4. The summed E-state index contributed by atoms with van der Waals surface area (Å²) < 4.78 is 0. The topological polar surface area (TPSA) is 53.9 Å². The first kappa shape index (κ1) is 18.6. The Bertz CT molecular complexity index is 1200. The molecule has 0 aliphatic carbocycles. The standard InChI is InChI=1S/C25H25N5/c1-17-7-8-20(14-18(17)2)27-25-22-15-21(30-12-3-4-13-30)9-10-23(22)28-24(29-25)19-6-5-11-26-16-19/h5-11,14-16H,3-4,12-13H2,1-2H3,(H,27,28,29). The third kappa shape index (κ3) is 3.59. The maximum absolute atomic E-state index is 4.91. The summed E-state index contributed by atoms with van der Waals surface area (Å²) >= 11 is 0. The van der Waals surface area contributed by atoms with Crippen molar-refractivity contribution in [3.8, 4) is 11.4 Å². The second-order valence-electron chi connectivity index (χ2n) is 7.96. The first-order valence-corrected chi connectivity index (χ1v) is 10.5. The fraction of sp³-hybridized carbons (Fsp3) is 0.240. The normalized spacial score (nSPS) is 13.7. The molecule has 1 N–H and O–H groups in total. The Morgan fingerprint density at radius 2 is 1.77 bits per heavy atom. The van der Waals surface area contributed by atoms with Crippen LogP contribution in [0, 0.1) is 13.8 Å². The van der Waals surface area contributed by atoms with Crippen LogP contribution >= 0.6 is 0 Å². The molecule has 1 fully saturated rings. The van der Waals surface area contributed by atoms with Gasteiger partial charge in [-0.1, -0.05) is 6.07 Å². The predicted octanol–water partition coefficient (Wildman–Crippen LogP) is 5.65. The number of anilines is 3. The van der Waals surface area contributed by atoms with Crippen molar-refractivity contribution in [3.05, 3.63) is 72.1 Å². The lowest BCUT2D eigenvalue weighted by atomic mass is 10.1. The number of aromatic nitrogens is 3. The van der Waals surface area contributed by atoms with Crippen LogP contribution in [0.15, 0.2) is 60.9 Å². The molecule has 30 heavy (non-hydrogen) atoms. The Morgan fingerprint density at radius 3 is 2.53 bits per heavy atom. The van der Waals surface area contributed by atoms with E-state index in [1.54, 1.807) is 12.4 Å². The molecular weight excluding hydrogens is 370 g/mol. The zero-order chi connectivity index (χ0) is 20.5. The zero-order valence-corrected chi connectivity index (χ0v) is 17.4. The van der Waals surface area contributed by atoms with Crippen LogP contribution in [0.5, 0.6) is 0 Å². The summed E-state index contributed by atoms with van der Waals surface area (Å²) in [6.07, 6.45) is 6.07. The van der Waals surface area contributed by atoms with Crippen molar-refractivity contribution in [2.45, 2.75) is 26.7 Å². The summed E-state index contributed by atoms with van der Waals surface area (Å²) in [7, 11) is 0. The van der Waals surface area contributed by atoms with Crippen molar-refractivity contribution in [2.24, 2.45) is 0 Å². The molecule has 0 amide bonds. The highest BCUT2D eigenvalue weighted by Crippen LogP contribution is 2.31. The Labute approximate surface area is 176 Å². The number of hydrogen-bond acceptors (Lipinski definition) is 5. The van der Waals surface area contributed by atoms with Crippen LogP contribution in [0.25, 0.3) is 22.3 Å². The van der Waals surface area contributed by atoms with Gasteiger partial charge in [-0.15, -0.1) is 0 Å². The summed E-state index contributed by atoms with van der Waals surface area (Å²) in [5, 5.41) is 4.59. The lowest BCUT2D eigenvalue weighted by Crippen LogP contribution is -2.17. The Kier molecular flexibility index (Phi) is 4.79. The van der Waals surface area contributed by atoms with Gasteiger partial charge in [-0.05, 0) is 80.3 Å². The molecule has 2 aromatic heterocycles. The van der Waals surface area contributed by atoms with E-state index in [1.165, 1.54) is 29.7 Å². The molecule has 0 spiro atoms. The highest BCUT2D eigenvalue weighted by molar-refractivity contribution is 5.94. The van der Waals surface area contributed by atoms with Crippen LogP contribution in [0.3, 0.4) is 0 Å². The van der Waals surface area contributed by atoms with Gasteiger partial charge in [0.1, 0.15) is 5.82 Å². The van der Waals surface area contributed by atoms with Crippen LogP contribution in [0.1, 0.15) is 24.0 Å². The van der Waals surface area contributed by atoms with Gasteiger partial charge in [-0.3, -0.25) is 4.98 Å². The minimum absolute atomic E-state index is 0.677. The molecule has 4 aromatic rings. The molecule has 3 heterocycles. The van der Waals surface area contributed by atoms with E-state index in [9.17, 15) is 0 Å². The van der Waals surface area contributed by atoms with Crippen molar-refractivity contribution in [1.29, 1.82) is 0 Å². The molecule has 1 aliphatic heterocycles. The number of nitrogens with zero attached hydrogens (tertiary/aromatic N) is 4. The van der Waals surface area contributed by atoms with E-state index in [-0.39, 0.29) is 0 Å². The van der Waals surface area contributed by atoms with Gasteiger partial charge >= 0.3 is 0 Å². The largest absolute Gasteiger partial charge is 0.372 e. The first-order valence-electron chi connectivity index (χ1n) is 10.5. The molecule has 1 aliphatic rings. The third-order valence-corrected chi connectivity index (χ3v) is 5.84. The van der Waals surface area contributed by atoms with Crippen LogP contribution in [0.4, 0.5) is 17.2 Å². The lowest BCUT2D eigenvalue weighted by Gasteiger charge is -2.19. The van der Waals surface area contributed by atoms with Gasteiger partial charge in [0.25, 0.3) is 0 Å². The number of benzene rings is 2. The molecule has 0 radical (unpaired) electrons. The second-order valence-corrected chi connectivity index (χ2v) is 7.96. The van der Waals surface area contributed by atoms with E-state index in [4.69, 9.17) is 9.97 Å². The molecule has 0 unspecified atom stereocenters. The third-order valence-electron chi connectivity index (χ3n) is 5.84. The number of aryl methyl sites for hydroxylation is 2. The minimum atomic E-state index is 0.677. The van der Waals surface area contributed by atoms with Crippen molar-refractivity contribution >= 4 is 28.1 Å². The Hall–Kier alpha value is -3.47. The summed E-state index contributed by atoms with van der Waals surface area (Å²) in [5.74, 6) is 1.50. The maximum atomic E-state index is 4.91. The van der Waals surface area contributed by atoms with Gasteiger partial charge in [0, 0.05) is 47.8 Å². The van der Waals surface area contributed by atoms with Crippen molar-refractivity contribution in [1.82, 2.24) is 15.0 Å². The van der Waals surface area contributed by atoms with E-state index in [1.807, 2.05) is 12.1 Å². The molecule has 1 saturated heterocycles. The summed E-state index contributed by atoms with van der Waals surface area (Å²) in [6.45, 7) is 6.48. The van der Waals surface area contributed by atoms with Gasteiger partial charge in [0.15, 0.2) is 5.82 Å². The van der Waals surface area contributed by atoms with Gasteiger partial charge < -0.3 is 10.2 Å². The lowest BCUT2D eigenvalue weighted by molar-refractivity contribution is 0.949. The number of fused-ring (bicyclic) bond motifs is 1. The van der Waals surface area contributed by atoms with Crippen molar-refractivity contribution in [3.63, 3.8) is 0 Å². The molecule has 5 heteroatoms. The van der Waals surface area contributed by atoms with E-state index in [2.05, 4.69) is 65.4 Å². The predicted molar refractivity (Wildman–Crippen MR) is 123 cm³/mol. The average Bonchev–Trinajstić information content (AvgIpc) is 3.31. The fourth-order valence-electron chi connectivity index (χ4n) is 3.96. The zero-order valence-electron chi connectivity index (χ0n) is 17.4. The minimum Gasteiger partial charge on any atom is -0.372 e. The Morgan fingerprint density at radius 1 is 0.900 bits per heavy atom. The molecular formula is C25H25N5. The van der Waals surface area contributed by atoms with Crippen molar-refractivity contribution in [2.75, 3.05) is 23.3 Å². The van der Waals surface area contributed by atoms with E-state index >= 15 is 0 Å². The smallest absolute Gasteiger partial charge is 0.163 e. The SMILES string of the molecule is Cc1ccc(Nc2nc(-c3cccnc3)nc3ccc(N4CCCC4)cc23)cc1C. The molecule has 5 nitrogen and oxygen atoms in total. The van der Waals surface area contributed by atoms with Gasteiger partial charge in [0.05, 0.1) is 5.52 Å². The average molecular weight is 396 g/mol. The number of pyridine rings is 1. The number of nitrogens with one attached hydrogen (secondary N) is 1. The molecule has 0 atom stereocenters. The quantitative estimate of drug-likeness (QED) is 0.484. The molecule has 2 aromatic carbocycles. The Balaban J connectivity index is 1.64. The summed E-state index contributed by atoms with van der Waals surface area (Å²) in [6, 6.07) is 16.8. The second kappa shape index (κ2) is 7.75. The fourth-order valence-corrected chi connectivity index (χ4v) is 3.96.